The number of fused-ring (bicyclic) bond motifs is 1. The third-order valence-corrected chi connectivity index (χ3v) is 4.47. The van der Waals surface area contributed by atoms with Crippen LogP contribution in [0.2, 0.25) is 0 Å². The van der Waals surface area contributed by atoms with Gasteiger partial charge in [-0.05, 0) is 43.2 Å². The smallest absolute Gasteiger partial charge is 0.264 e. The Labute approximate surface area is 124 Å². The van der Waals surface area contributed by atoms with Gasteiger partial charge in [0.2, 0.25) is 0 Å². The normalized spacial score (nSPS) is 12.8. The number of thiazole rings is 1. The third-order valence-electron chi connectivity index (χ3n) is 3.47. The van der Waals surface area contributed by atoms with E-state index in [-0.39, 0.29) is 5.56 Å². The molecule has 1 atom stereocenters. The summed E-state index contributed by atoms with van der Waals surface area (Å²) in [6.07, 6.45) is -0.802. The van der Waals surface area contributed by atoms with Crippen LogP contribution >= 0.6 is 11.3 Å². The van der Waals surface area contributed by atoms with Crippen molar-refractivity contribution in [3.63, 3.8) is 0 Å². The molecule has 0 saturated carbocycles. The highest BCUT2D eigenvalue weighted by atomic mass is 32.1. The van der Waals surface area contributed by atoms with Gasteiger partial charge in [0, 0.05) is 11.1 Å². The average molecular weight is 303 g/mol. The summed E-state index contributed by atoms with van der Waals surface area (Å²) in [5, 5.41) is 11.9. The minimum absolute atomic E-state index is 0.229. The first-order valence-electron chi connectivity index (χ1n) is 6.57. The molecule has 0 amide bonds. The zero-order chi connectivity index (χ0) is 15.1. The van der Waals surface area contributed by atoms with E-state index in [0.717, 1.165) is 10.5 Å². The standard InChI is InChI=1S/C16H14FNO2S/c1-9-8-21-14-7-13(10(2)19)15(16(20)18(9)14)11-4-3-5-12(17)6-11/h3-8,10,19H,1-2H3. The van der Waals surface area contributed by atoms with Crippen molar-refractivity contribution in [2.45, 2.75) is 20.0 Å². The molecule has 0 fully saturated rings. The molecule has 5 heteroatoms. The van der Waals surface area contributed by atoms with Crippen LogP contribution in [0.3, 0.4) is 0 Å². The SMILES string of the molecule is Cc1csc2cc(C(C)O)c(-c3cccc(F)c3)c(=O)n12. The lowest BCUT2D eigenvalue weighted by Gasteiger charge is -2.13. The number of hydrogen-bond donors (Lipinski definition) is 1. The first-order chi connectivity index (χ1) is 9.99. The van der Waals surface area contributed by atoms with Crippen LogP contribution in [0.4, 0.5) is 4.39 Å². The van der Waals surface area contributed by atoms with Crippen molar-refractivity contribution in [2.24, 2.45) is 0 Å². The van der Waals surface area contributed by atoms with E-state index in [0.29, 0.717) is 16.7 Å². The molecule has 0 spiro atoms. The molecule has 21 heavy (non-hydrogen) atoms. The lowest BCUT2D eigenvalue weighted by Crippen LogP contribution is -2.18. The molecule has 3 aromatic rings. The molecule has 1 aromatic carbocycles. The molecular weight excluding hydrogens is 289 g/mol. The lowest BCUT2D eigenvalue weighted by molar-refractivity contribution is 0.200. The second-order valence-electron chi connectivity index (χ2n) is 5.02. The molecule has 108 valence electrons. The Balaban J connectivity index is 2.44. The Hall–Kier alpha value is -1.98. The maximum atomic E-state index is 13.5. The number of aryl methyl sites for hydroxylation is 1. The number of rotatable bonds is 2. The molecular formula is C16H14FNO2S. The van der Waals surface area contributed by atoms with Gasteiger partial charge >= 0.3 is 0 Å². The molecule has 0 radical (unpaired) electrons. The maximum Gasteiger partial charge on any atom is 0.264 e. The van der Waals surface area contributed by atoms with Gasteiger partial charge in [0.15, 0.2) is 0 Å². The monoisotopic (exact) mass is 303 g/mol. The van der Waals surface area contributed by atoms with Gasteiger partial charge in [-0.2, -0.15) is 0 Å². The number of benzene rings is 1. The zero-order valence-electron chi connectivity index (χ0n) is 11.6. The van der Waals surface area contributed by atoms with Crippen molar-refractivity contribution in [1.82, 2.24) is 4.40 Å². The van der Waals surface area contributed by atoms with Gasteiger partial charge in [-0.25, -0.2) is 4.39 Å². The second kappa shape index (κ2) is 5.09. The molecule has 0 bridgehead atoms. The van der Waals surface area contributed by atoms with E-state index in [1.165, 1.54) is 23.5 Å². The Morgan fingerprint density at radius 1 is 1.33 bits per heavy atom. The van der Waals surface area contributed by atoms with Gasteiger partial charge in [-0.15, -0.1) is 11.3 Å². The summed E-state index contributed by atoms with van der Waals surface area (Å²) in [6.45, 7) is 3.46. The zero-order valence-corrected chi connectivity index (χ0v) is 12.4. The predicted molar refractivity (Wildman–Crippen MR) is 82.3 cm³/mol. The van der Waals surface area contributed by atoms with Gasteiger partial charge in [0.1, 0.15) is 10.6 Å². The van der Waals surface area contributed by atoms with Gasteiger partial charge < -0.3 is 5.11 Å². The van der Waals surface area contributed by atoms with Crippen molar-refractivity contribution in [1.29, 1.82) is 0 Å². The van der Waals surface area contributed by atoms with Crippen LogP contribution in [0.25, 0.3) is 16.0 Å². The second-order valence-corrected chi connectivity index (χ2v) is 5.91. The molecule has 0 aliphatic rings. The van der Waals surface area contributed by atoms with Crippen LogP contribution in [-0.2, 0) is 0 Å². The van der Waals surface area contributed by atoms with Crippen LogP contribution in [-0.4, -0.2) is 9.51 Å². The summed E-state index contributed by atoms with van der Waals surface area (Å²) in [6, 6.07) is 7.68. The summed E-state index contributed by atoms with van der Waals surface area (Å²) < 4.78 is 15.1. The van der Waals surface area contributed by atoms with Crippen molar-refractivity contribution in [3.8, 4) is 11.1 Å². The van der Waals surface area contributed by atoms with E-state index < -0.39 is 11.9 Å². The van der Waals surface area contributed by atoms with Crippen LogP contribution in [0.15, 0.2) is 40.5 Å². The van der Waals surface area contributed by atoms with Crippen molar-refractivity contribution < 1.29 is 9.50 Å². The van der Waals surface area contributed by atoms with E-state index in [2.05, 4.69) is 0 Å². The molecule has 1 unspecified atom stereocenters. The molecule has 0 aliphatic carbocycles. The Kier molecular flexibility index (Phi) is 3.39. The van der Waals surface area contributed by atoms with E-state index >= 15 is 0 Å². The summed E-state index contributed by atoms with van der Waals surface area (Å²) in [5.74, 6) is -0.407. The van der Waals surface area contributed by atoms with Crippen molar-refractivity contribution in [2.75, 3.05) is 0 Å². The average Bonchev–Trinajstić information content (AvgIpc) is 2.80. The summed E-state index contributed by atoms with van der Waals surface area (Å²) in [4.78, 5) is 13.6. The lowest BCUT2D eigenvalue weighted by atomic mass is 9.98. The van der Waals surface area contributed by atoms with E-state index in [9.17, 15) is 14.3 Å². The maximum absolute atomic E-state index is 13.5. The fraction of sp³-hybridized carbons (Fsp3) is 0.188. The molecule has 0 saturated heterocycles. The highest BCUT2D eigenvalue weighted by Crippen LogP contribution is 2.28. The van der Waals surface area contributed by atoms with Gasteiger partial charge in [-0.3, -0.25) is 9.20 Å². The number of aromatic nitrogens is 1. The first-order valence-corrected chi connectivity index (χ1v) is 7.45. The quantitative estimate of drug-likeness (QED) is 0.787. The Bertz CT molecular complexity index is 880. The van der Waals surface area contributed by atoms with E-state index in [1.54, 1.807) is 29.5 Å². The molecule has 3 rings (SSSR count). The fourth-order valence-corrected chi connectivity index (χ4v) is 3.41. The van der Waals surface area contributed by atoms with Gasteiger partial charge in [0.25, 0.3) is 5.56 Å². The first kappa shape index (κ1) is 14.0. The van der Waals surface area contributed by atoms with Gasteiger partial charge in [0.05, 0.1) is 11.7 Å². The summed E-state index contributed by atoms with van der Waals surface area (Å²) >= 11 is 1.44. The molecule has 2 heterocycles. The summed E-state index contributed by atoms with van der Waals surface area (Å²) in [5.41, 5.74) is 1.95. The van der Waals surface area contributed by atoms with Crippen molar-refractivity contribution in [3.05, 3.63) is 63.1 Å². The van der Waals surface area contributed by atoms with Crippen LogP contribution in [0.1, 0.15) is 24.3 Å². The van der Waals surface area contributed by atoms with Crippen LogP contribution < -0.4 is 5.56 Å². The molecule has 0 aliphatic heterocycles. The van der Waals surface area contributed by atoms with Crippen molar-refractivity contribution >= 4 is 16.2 Å². The minimum atomic E-state index is -0.802. The van der Waals surface area contributed by atoms with Crippen LogP contribution in [0.5, 0.6) is 0 Å². The predicted octanol–water partition coefficient (Wildman–Crippen LogP) is 3.53. The fourth-order valence-electron chi connectivity index (χ4n) is 2.49. The largest absolute Gasteiger partial charge is 0.389 e. The Morgan fingerprint density at radius 3 is 2.76 bits per heavy atom. The van der Waals surface area contributed by atoms with E-state index in [1.807, 2.05) is 12.3 Å². The van der Waals surface area contributed by atoms with E-state index in [4.69, 9.17) is 0 Å². The number of aliphatic hydroxyl groups is 1. The summed E-state index contributed by atoms with van der Waals surface area (Å²) in [7, 11) is 0. The molecule has 3 nitrogen and oxygen atoms in total. The highest BCUT2D eigenvalue weighted by molar-refractivity contribution is 7.15. The number of aliphatic hydroxyl groups excluding tert-OH is 1. The topological polar surface area (TPSA) is 41.7 Å². The minimum Gasteiger partial charge on any atom is -0.389 e. The van der Waals surface area contributed by atoms with Crippen LogP contribution in [0, 0.1) is 12.7 Å². The number of pyridine rings is 1. The number of hydrogen-bond acceptors (Lipinski definition) is 3. The number of nitrogens with zero attached hydrogens (tertiary/aromatic N) is 1. The van der Waals surface area contributed by atoms with Gasteiger partial charge in [-0.1, -0.05) is 12.1 Å². The molecule has 1 N–H and O–H groups in total. The molecule has 2 aromatic heterocycles. The third kappa shape index (κ3) is 2.28. The highest BCUT2D eigenvalue weighted by Gasteiger charge is 2.18. The Morgan fingerprint density at radius 2 is 2.10 bits per heavy atom. The number of halogens is 1.